The summed E-state index contributed by atoms with van der Waals surface area (Å²) >= 11 is 0. The molecule has 6 nitrogen and oxygen atoms in total. The highest BCUT2D eigenvalue weighted by atomic mass is 16.5. The number of benzene rings is 2. The molecular weight excluding hydrogens is 332 g/mol. The summed E-state index contributed by atoms with van der Waals surface area (Å²) in [6.07, 6.45) is 3.01. The smallest absolute Gasteiger partial charge is 0.339 e. The standard InChI is InChI=1S/C20H20N2O4/c1-13-4-10-18(17(12-13)20(25)26-3)22-19(24)11-7-15-5-8-16(9-6-15)21-14(2)23/h4-12H,1-3H3,(H,21,23)(H,22,24). The first-order valence-electron chi connectivity index (χ1n) is 7.94. The molecule has 26 heavy (non-hydrogen) atoms. The Balaban J connectivity index is 2.08. The number of carbonyl (C=O) groups is 3. The quantitative estimate of drug-likeness (QED) is 0.638. The molecule has 0 saturated carbocycles. The van der Waals surface area contributed by atoms with Gasteiger partial charge < -0.3 is 15.4 Å². The minimum atomic E-state index is -0.512. The number of carbonyl (C=O) groups excluding carboxylic acids is 3. The van der Waals surface area contributed by atoms with Gasteiger partial charge in [0.15, 0.2) is 0 Å². The van der Waals surface area contributed by atoms with Crippen LogP contribution in [0.25, 0.3) is 6.08 Å². The molecule has 0 bridgehead atoms. The summed E-state index contributed by atoms with van der Waals surface area (Å²) in [5.41, 5.74) is 3.05. The van der Waals surface area contributed by atoms with E-state index in [0.29, 0.717) is 16.9 Å². The predicted molar refractivity (Wildman–Crippen MR) is 101 cm³/mol. The van der Waals surface area contributed by atoms with Gasteiger partial charge in [-0.2, -0.15) is 0 Å². The Hall–Kier alpha value is -3.41. The van der Waals surface area contributed by atoms with Crippen molar-refractivity contribution < 1.29 is 19.1 Å². The van der Waals surface area contributed by atoms with E-state index >= 15 is 0 Å². The minimum absolute atomic E-state index is 0.146. The lowest BCUT2D eigenvalue weighted by atomic mass is 10.1. The Morgan fingerprint density at radius 2 is 1.69 bits per heavy atom. The predicted octanol–water partition coefficient (Wildman–Crippen LogP) is 3.39. The van der Waals surface area contributed by atoms with Crippen molar-refractivity contribution in [2.75, 3.05) is 17.7 Å². The molecule has 0 radical (unpaired) electrons. The Morgan fingerprint density at radius 3 is 2.31 bits per heavy atom. The van der Waals surface area contributed by atoms with Crippen LogP contribution in [0.2, 0.25) is 0 Å². The van der Waals surface area contributed by atoms with Crippen LogP contribution in [0.1, 0.15) is 28.4 Å². The summed E-state index contributed by atoms with van der Waals surface area (Å²) < 4.78 is 4.74. The number of amides is 2. The third kappa shape index (κ3) is 5.31. The van der Waals surface area contributed by atoms with Crippen LogP contribution in [0.4, 0.5) is 11.4 Å². The van der Waals surface area contributed by atoms with E-state index in [0.717, 1.165) is 11.1 Å². The van der Waals surface area contributed by atoms with Crippen molar-refractivity contribution >= 4 is 35.2 Å². The largest absolute Gasteiger partial charge is 0.465 e. The van der Waals surface area contributed by atoms with Crippen molar-refractivity contribution in [3.05, 3.63) is 65.2 Å². The van der Waals surface area contributed by atoms with Crippen LogP contribution in [-0.2, 0) is 14.3 Å². The Kier molecular flexibility index (Phi) is 6.27. The van der Waals surface area contributed by atoms with Crippen molar-refractivity contribution in [2.24, 2.45) is 0 Å². The van der Waals surface area contributed by atoms with Gasteiger partial charge in [0.2, 0.25) is 11.8 Å². The lowest BCUT2D eigenvalue weighted by Gasteiger charge is -2.09. The van der Waals surface area contributed by atoms with Gasteiger partial charge in [0, 0.05) is 18.7 Å². The van der Waals surface area contributed by atoms with Crippen LogP contribution in [0, 0.1) is 6.92 Å². The molecule has 0 aromatic heterocycles. The molecule has 0 fully saturated rings. The number of methoxy groups -OCH3 is 1. The molecule has 0 heterocycles. The molecule has 0 unspecified atom stereocenters. The van der Waals surface area contributed by atoms with E-state index in [-0.39, 0.29) is 11.8 Å². The third-order valence-electron chi connectivity index (χ3n) is 3.50. The number of hydrogen-bond donors (Lipinski definition) is 2. The Labute approximate surface area is 151 Å². The highest BCUT2D eigenvalue weighted by Gasteiger charge is 2.13. The van der Waals surface area contributed by atoms with E-state index in [1.807, 2.05) is 6.92 Å². The molecule has 2 rings (SSSR count). The Bertz CT molecular complexity index is 855. The van der Waals surface area contributed by atoms with Crippen molar-refractivity contribution in [1.29, 1.82) is 0 Å². The maximum Gasteiger partial charge on any atom is 0.339 e. The second-order valence-corrected chi connectivity index (χ2v) is 5.67. The first-order valence-corrected chi connectivity index (χ1v) is 7.94. The van der Waals surface area contributed by atoms with E-state index in [2.05, 4.69) is 10.6 Å². The molecule has 0 aliphatic rings. The monoisotopic (exact) mass is 352 g/mol. The lowest BCUT2D eigenvalue weighted by molar-refractivity contribution is -0.114. The molecule has 134 valence electrons. The topological polar surface area (TPSA) is 84.5 Å². The van der Waals surface area contributed by atoms with Gasteiger partial charge in [-0.1, -0.05) is 23.8 Å². The van der Waals surface area contributed by atoms with Crippen molar-refractivity contribution in [3.8, 4) is 0 Å². The van der Waals surface area contributed by atoms with Crippen molar-refractivity contribution in [2.45, 2.75) is 13.8 Å². The normalized spacial score (nSPS) is 10.4. The molecule has 2 aromatic rings. The van der Waals surface area contributed by atoms with Gasteiger partial charge >= 0.3 is 5.97 Å². The molecule has 0 aliphatic heterocycles. The van der Waals surface area contributed by atoms with Crippen LogP contribution in [0.3, 0.4) is 0 Å². The number of esters is 1. The fourth-order valence-corrected chi connectivity index (χ4v) is 2.27. The summed E-state index contributed by atoms with van der Waals surface area (Å²) in [5, 5.41) is 5.35. The second-order valence-electron chi connectivity index (χ2n) is 5.67. The first-order chi connectivity index (χ1) is 12.4. The van der Waals surface area contributed by atoms with E-state index in [1.54, 1.807) is 48.5 Å². The summed E-state index contributed by atoms with van der Waals surface area (Å²) in [5.74, 6) is -1.03. The number of rotatable bonds is 5. The number of nitrogens with one attached hydrogen (secondary N) is 2. The number of hydrogen-bond acceptors (Lipinski definition) is 4. The van der Waals surface area contributed by atoms with Gasteiger partial charge in [-0.3, -0.25) is 9.59 Å². The SMILES string of the molecule is COC(=O)c1cc(C)ccc1NC(=O)C=Cc1ccc(NC(C)=O)cc1. The molecule has 0 spiro atoms. The highest BCUT2D eigenvalue weighted by molar-refractivity contribution is 6.06. The maximum atomic E-state index is 12.1. The van der Waals surface area contributed by atoms with E-state index in [9.17, 15) is 14.4 Å². The Morgan fingerprint density at radius 1 is 1.00 bits per heavy atom. The van der Waals surface area contributed by atoms with Gasteiger partial charge in [-0.25, -0.2) is 4.79 Å². The molecule has 2 aromatic carbocycles. The zero-order chi connectivity index (χ0) is 19.1. The summed E-state index contributed by atoms with van der Waals surface area (Å²) in [4.78, 5) is 35.0. The maximum absolute atomic E-state index is 12.1. The number of ether oxygens (including phenoxy) is 1. The molecule has 0 atom stereocenters. The zero-order valence-corrected chi connectivity index (χ0v) is 14.8. The minimum Gasteiger partial charge on any atom is -0.465 e. The van der Waals surface area contributed by atoms with Crippen LogP contribution in [0.15, 0.2) is 48.5 Å². The summed E-state index contributed by atoms with van der Waals surface area (Å²) in [6.45, 7) is 3.29. The van der Waals surface area contributed by atoms with Crippen LogP contribution in [-0.4, -0.2) is 24.9 Å². The van der Waals surface area contributed by atoms with Gasteiger partial charge in [0.05, 0.1) is 18.4 Å². The summed E-state index contributed by atoms with van der Waals surface area (Å²) in [7, 11) is 1.29. The second kappa shape index (κ2) is 8.62. The van der Waals surface area contributed by atoms with Crippen molar-refractivity contribution in [1.82, 2.24) is 0 Å². The van der Waals surface area contributed by atoms with Crippen LogP contribution < -0.4 is 10.6 Å². The molecule has 2 N–H and O–H groups in total. The molecule has 6 heteroatoms. The first kappa shape index (κ1) is 18.9. The third-order valence-corrected chi connectivity index (χ3v) is 3.50. The van der Waals surface area contributed by atoms with E-state index in [4.69, 9.17) is 4.74 Å². The number of aryl methyl sites for hydroxylation is 1. The van der Waals surface area contributed by atoms with Gasteiger partial charge in [-0.15, -0.1) is 0 Å². The number of anilines is 2. The van der Waals surface area contributed by atoms with Gasteiger partial charge in [0.1, 0.15) is 0 Å². The molecule has 2 amide bonds. The fraction of sp³-hybridized carbons (Fsp3) is 0.150. The molecular formula is C20H20N2O4. The average molecular weight is 352 g/mol. The van der Waals surface area contributed by atoms with Gasteiger partial charge in [-0.05, 0) is 42.8 Å². The average Bonchev–Trinajstić information content (AvgIpc) is 2.61. The fourth-order valence-electron chi connectivity index (χ4n) is 2.27. The van der Waals surface area contributed by atoms with Crippen molar-refractivity contribution in [3.63, 3.8) is 0 Å². The zero-order valence-electron chi connectivity index (χ0n) is 14.8. The van der Waals surface area contributed by atoms with Crippen LogP contribution >= 0.6 is 0 Å². The lowest BCUT2D eigenvalue weighted by Crippen LogP contribution is -2.13. The van der Waals surface area contributed by atoms with Gasteiger partial charge in [0.25, 0.3) is 0 Å². The van der Waals surface area contributed by atoms with E-state index < -0.39 is 5.97 Å². The van der Waals surface area contributed by atoms with E-state index in [1.165, 1.54) is 20.1 Å². The van der Waals surface area contributed by atoms with Crippen LogP contribution in [0.5, 0.6) is 0 Å². The molecule has 0 saturated heterocycles. The summed E-state index contributed by atoms with van der Waals surface area (Å²) in [6, 6.07) is 12.2. The molecule has 0 aliphatic carbocycles. The highest BCUT2D eigenvalue weighted by Crippen LogP contribution is 2.19.